The van der Waals surface area contributed by atoms with Crippen LogP contribution in [0.4, 0.5) is 0 Å². The van der Waals surface area contributed by atoms with Crippen molar-refractivity contribution in [3.63, 3.8) is 0 Å². The monoisotopic (exact) mass is 953 g/mol. The molecule has 0 aliphatic heterocycles. The molecule has 5 heteroatoms. The maximum Gasteiger partial charge on any atom is 0.162 e. The van der Waals surface area contributed by atoms with Gasteiger partial charge in [0.05, 0.1) is 5.76 Å². The fraction of sp³-hybridized carbons (Fsp3) is 0.529. The standard InChI is InChI=1S/C38H46NS.C13H24O2.Ir/c1-34(2,3)30-22-25(21-24-15-13-14-16-27(24)30)32-33-29(19-20-39-32)28-18-17-26(23-31(28)40-33)38(35(4,5)6,36(7,8)9)37(10,11)12;1-5-10(6-2)12(14)9-13(15)11(7-3)8-4;/h13-20,22-23H,1-12H3;9-11,14H,5-8H2,1-4H3;/q-1;;/b;12-9-;. The molecule has 0 unspecified atom stereocenters. The Hall–Kier alpha value is -2.85. The molecule has 0 amide bonds. The predicted octanol–water partition coefficient (Wildman–Crippen LogP) is 15.6. The molecule has 1 radical (unpaired) electrons. The molecule has 2 aromatic heterocycles. The van der Waals surface area contributed by atoms with Gasteiger partial charge in [0.2, 0.25) is 0 Å². The van der Waals surface area contributed by atoms with Crippen LogP contribution >= 0.6 is 11.3 Å². The molecule has 0 saturated carbocycles. The fourth-order valence-corrected chi connectivity index (χ4v) is 11.8. The van der Waals surface area contributed by atoms with Crippen LogP contribution in [0, 0.1) is 34.1 Å². The van der Waals surface area contributed by atoms with Gasteiger partial charge in [0, 0.05) is 64.7 Å². The minimum atomic E-state index is -0.0494. The molecule has 0 atom stereocenters. The molecule has 56 heavy (non-hydrogen) atoms. The smallest absolute Gasteiger partial charge is 0.162 e. The maximum absolute atomic E-state index is 11.7. The Balaban J connectivity index is 0.000000448. The summed E-state index contributed by atoms with van der Waals surface area (Å²) >= 11 is 1.88. The molecule has 0 spiro atoms. The van der Waals surface area contributed by atoms with Gasteiger partial charge >= 0.3 is 0 Å². The Labute approximate surface area is 357 Å². The van der Waals surface area contributed by atoms with E-state index in [0.717, 1.165) is 42.3 Å². The number of benzene rings is 3. The number of carbonyl (C=O) groups excluding carboxylic acids is 1. The predicted molar refractivity (Wildman–Crippen MR) is 242 cm³/mol. The summed E-state index contributed by atoms with van der Waals surface area (Å²) in [5, 5.41) is 14.8. The van der Waals surface area contributed by atoms with Crippen LogP contribution in [0.25, 0.3) is 42.2 Å². The SMILES string of the molecule is CC(C)(C)c1cc(-c2nccc3c2sc2cc(C(C(C)(C)C)(C(C)(C)C)C(C)(C)C)ccc23)[c-]c2ccccc12.CCC(CC)C(=O)/C=C(\O)C(CC)CC.[Ir]. The van der Waals surface area contributed by atoms with Gasteiger partial charge in [0.1, 0.15) is 0 Å². The fourth-order valence-electron chi connectivity index (χ4n) is 10.6. The van der Waals surface area contributed by atoms with Crippen molar-refractivity contribution in [2.24, 2.45) is 28.1 Å². The van der Waals surface area contributed by atoms with E-state index in [1.165, 1.54) is 42.8 Å². The molecule has 0 saturated heterocycles. The van der Waals surface area contributed by atoms with Gasteiger partial charge < -0.3 is 5.11 Å². The molecule has 0 aliphatic carbocycles. The van der Waals surface area contributed by atoms with Crippen LogP contribution < -0.4 is 0 Å². The number of nitrogens with zero attached hydrogens (tertiary/aromatic N) is 1. The molecule has 3 aromatic carbocycles. The van der Waals surface area contributed by atoms with E-state index in [9.17, 15) is 9.90 Å². The van der Waals surface area contributed by atoms with E-state index in [4.69, 9.17) is 4.98 Å². The molecule has 0 aliphatic rings. The summed E-state index contributed by atoms with van der Waals surface area (Å²) in [5.74, 6) is 0.547. The molecule has 3 nitrogen and oxygen atoms in total. The van der Waals surface area contributed by atoms with Crippen LogP contribution in [0.1, 0.15) is 148 Å². The quantitative estimate of drug-likeness (QED) is 0.0910. The van der Waals surface area contributed by atoms with Gasteiger partial charge in [-0.05, 0) is 75.8 Å². The van der Waals surface area contributed by atoms with Crippen LogP contribution in [0.15, 0.2) is 72.6 Å². The average Bonchev–Trinajstić information content (AvgIpc) is 3.45. The molecule has 1 N–H and O–H groups in total. The molecular weight excluding hydrogens is 883 g/mol. The second-order valence-corrected chi connectivity index (χ2v) is 20.8. The first kappa shape index (κ1) is 47.5. The summed E-state index contributed by atoms with van der Waals surface area (Å²) in [4.78, 5) is 16.7. The van der Waals surface area contributed by atoms with E-state index in [2.05, 4.69) is 144 Å². The number of hydrogen-bond donors (Lipinski definition) is 1. The average molecular weight is 953 g/mol. The molecule has 0 bridgehead atoms. The summed E-state index contributed by atoms with van der Waals surface area (Å²) in [6, 6.07) is 24.2. The van der Waals surface area contributed by atoms with Crippen molar-refractivity contribution in [3.05, 3.63) is 89.8 Å². The topological polar surface area (TPSA) is 50.2 Å². The van der Waals surface area contributed by atoms with Crippen molar-refractivity contribution in [3.8, 4) is 11.3 Å². The first-order valence-corrected chi connectivity index (χ1v) is 21.5. The van der Waals surface area contributed by atoms with Gasteiger partial charge in [-0.2, -0.15) is 0 Å². The van der Waals surface area contributed by atoms with Crippen molar-refractivity contribution >= 4 is 48.1 Å². The molecule has 5 rings (SSSR count). The summed E-state index contributed by atoms with van der Waals surface area (Å²) < 4.78 is 2.58. The summed E-state index contributed by atoms with van der Waals surface area (Å²) in [6.45, 7) is 36.7. The van der Waals surface area contributed by atoms with Gasteiger partial charge in [-0.25, -0.2) is 0 Å². The van der Waals surface area contributed by atoms with Crippen LogP contribution in [0.3, 0.4) is 0 Å². The van der Waals surface area contributed by atoms with Crippen LogP contribution in [-0.4, -0.2) is 15.9 Å². The summed E-state index contributed by atoms with van der Waals surface area (Å²) in [5.41, 5.74) is 5.03. The number of aliphatic hydroxyl groups excluding tert-OH is 1. The molecule has 2 heterocycles. The zero-order valence-electron chi connectivity index (χ0n) is 37.4. The van der Waals surface area contributed by atoms with Gasteiger partial charge in [0.15, 0.2) is 5.78 Å². The van der Waals surface area contributed by atoms with Crippen LogP contribution in [0.5, 0.6) is 0 Å². The third kappa shape index (κ3) is 9.22. The van der Waals surface area contributed by atoms with E-state index in [-0.39, 0.29) is 70.6 Å². The first-order valence-electron chi connectivity index (χ1n) is 20.7. The number of fused-ring (bicyclic) bond motifs is 4. The number of allylic oxidation sites excluding steroid dienone is 2. The Morgan fingerprint density at radius 1 is 0.732 bits per heavy atom. The minimum absolute atomic E-state index is 0. The Bertz CT molecular complexity index is 2100. The first-order chi connectivity index (χ1) is 25.5. The third-order valence-corrected chi connectivity index (χ3v) is 13.3. The summed E-state index contributed by atoms with van der Waals surface area (Å²) in [6.07, 6.45) is 6.88. The van der Waals surface area contributed by atoms with Crippen molar-refractivity contribution in [2.45, 2.75) is 147 Å². The molecular formula is C51H70IrNO2S-. The second kappa shape index (κ2) is 18.0. The number of hydrogen-bond acceptors (Lipinski definition) is 4. The number of rotatable bonds is 9. The van der Waals surface area contributed by atoms with Gasteiger partial charge in [-0.1, -0.05) is 152 Å². The molecule has 5 aromatic rings. The number of ketones is 1. The minimum Gasteiger partial charge on any atom is -0.512 e. The number of carbonyl (C=O) groups is 1. The Morgan fingerprint density at radius 3 is 1.80 bits per heavy atom. The largest absolute Gasteiger partial charge is 0.512 e. The Morgan fingerprint density at radius 2 is 1.29 bits per heavy atom. The zero-order chi connectivity index (χ0) is 41.3. The number of thiophene rings is 1. The van der Waals surface area contributed by atoms with Crippen molar-refractivity contribution in [1.29, 1.82) is 0 Å². The van der Waals surface area contributed by atoms with Crippen molar-refractivity contribution in [1.82, 2.24) is 4.98 Å². The van der Waals surface area contributed by atoms with E-state index < -0.39 is 0 Å². The van der Waals surface area contributed by atoms with Crippen molar-refractivity contribution in [2.75, 3.05) is 0 Å². The van der Waals surface area contributed by atoms with Crippen LogP contribution in [-0.2, 0) is 35.7 Å². The van der Waals surface area contributed by atoms with Gasteiger partial charge in [0.25, 0.3) is 0 Å². The number of aliphatic hydroxyl groups is 1. The van der Waals surface area contributed by atoms with Gasteiger partial charge in [-0.15, -0.1) is 40.5 Å². The van der Waals surface area contributed by atoms with E-state index in [0.29, 0.717) is 0 Å². The van der Waals surface area contributed by atoms with Crippen LogP contribution in [0.2, 0.25) is 0 Å². The summed E-state index contributed by atoms with van der Waals surface area (Å²) in [7, 11) is 0. The second-order valence-electron chi connectivity index (χ2n) is 19.7. The van der Waals surface area contributed by atoms with E-state index >= 15 is 0 Å². The molecule has 307 valence electrons. The molecule has 0 fully saturated rings. The number of aromatic nitrogens is 1. The normalized spacial score (nSPS) is 13.4. The van der Waals surface area contributed by atoms with E-state index in [1.807, 2.05) is 45.2 Å². The van der Waals surface area contributed by atoms with Gasteiger partial charge in [-0.3, -0.25) is 9.78 Å². The zero-order valence-corrected chi connectivity index (χ0v) is 40.6. The maximum atomic E-state index is 11.7. The third-order valence-electron chi connectivity index (χ3n) is 12.1. The Kier molecular flexibility index (Phi) is 15.2. The van der Waals surface area contributed by atoms with E-state index in [1.54, 1.807) is 0 Å². The number of pyridine rings is 1. The van der Waals surface area contributed by atoms with Crippen molar-refractivity contribution < 1.29 is 30.0 Å².